The van der Waals surface area contributed by atoms with Crippen LogP contribution in [0.5, 0.6) is 0 Å². The number of rotatable bonds is 4. The van der Waals surface area contributed by atoms with Gasteiger partial charge in [0.2, 0.25) is 0 Å². The lowest BCUT2D eigenvalue weighted by atomic mass is 9.91. The number of hydrogen-bond donors (Lipinski definition) is 1. The number of amides is 1. The van der Waals surface area contributed by atoms with E-state index >= 15 is 0 Å². The standard InChI is InChI=1S/C26H27NO2/c1-16(2)27(17(3)4)26(29)23-15-9-14-22(23)25(28)24-20-12-7-5-10-18(20)19-11-6-8-13-21(19)24/h5-17,22,28H,1-4H3. The molecule has 1 unspecified atom stereocenters. The third-order valence-electron chi connectivity index (χ3n) is 5.74. The second-order valence-corrected chi connectivity index (χ2v) is 8.24. The summed E-state index contributed by atoms with van der Waals surface area (Å²) in [4.78, 5) is 15.2. The summed E-state index contributed by atoms with van der Waals surface area (Å²) in [7, 11) is 0. The summed E-state index contributed by atoms with van der Waals surface area (Å²) in [5.41, 5.74) is 5.72. The first kappa shape index (κ1) is 19.3. The number of fused-ring (bicyclic) bond motifs is 3. The van der Waals surface area contributed by atoms with Crippen molar-refractivity contribution in [2.24, 2.45) is 5.92 Å². The minimum absolute atomic E-state index is 0.0169. The van der Waals surface area contributed by atoms with Crippen molar-refractivity contribution in [3.8, 4) is 11.1 Å². The third kappa shape index (κ3) is 3.11. The van der Waals surface area contributed by atoms with E-state index in [2.05, 4.69) is 12.1 Å². The Hall–Kier alpha value is -3.07. The van der Waals surface area contributed by atoms with Crippen molar-refractivity contribution >= 4 is 11.5 Å². The lowest BCUT2D eigenvalue weighted by molar-refractivity contribution is -0.131. The molecule has 0 heterocycles. The molecule has 0 saturated carbocycles. The Balaban J connectivity index is 1.81. The lowest BCUT2D eigenvalue weighted by Crippen LogP contribution is -2.43. The first-order chi connectivity index (χ1) is 13.9. The van der Waals surface area contributed by atoms with E-state index in [1.165, 1.54) is 0 Å². The van der Waals surface area contributed by atoms with Crippen molar-refractivity contribution in [1.29, 1.82) is 0 Å². The zero-order chi connectivity index (χ0) is 20.7. The predicted octanol–water partition coefficient (Wildman–Crippen LogP) is 5.74. The largest absolute Gasteiger partial charge is 0.511 e. The molecule has 2 aromatic rings. The van der Waals surface area contributed by atoms with Crippen LogP contribution in [0.25, 0.3) is 16.7 Å². The second-order valence-electron chi connectivity index (χ2n) is 8.24. The summed E-state index contributed by atoms with van der Waals surface area (Å²) in [6.07, 6.45) is 5.63. The van der Waals surface area contributed by atoms with Gasteiger partial charge in [-0.2, -0.15) is 0 Å². The van der Waals surface area contributed by atoms with E-state index in [0.29, 0.717) is 5.57 Å². The molecular formula is C26H27NO2. The Bertz CT molecular complexity index is 1000. The Kier molecular flexibility index (Phi) is 4.91. The van der Waals surface area contributed by atoms with Crippen LogP contribution in [0.4, 0.5) is 0 Å². The van der Waals surface area contributed by atoms with Crippen LogP contribution in [0.1, 0.15) is 38.8 Å². The van der Waals surface area contributed by atoms with E-state index in [9.17, 15) is 9.90 Å². The van der Waals surface area contributed by atoms with Crippen LogP contribution in [0.2, 0.25) is 0 Å². The highest BCUT2D eigenvalue weighted by molar-refractivity contribution is 6.03. The van der Waals surface area contributed by atoms with Gasteiger partial charge in [0, 0.05) is 23.2 Å². The highest BCUT2D eigenvalue weighted by atomic mass is 16.3. The van der Waals surface area contributed by atoms with Crippen LogP contribution < -0.4 is 0 Å². The molecule has 29 heavy (non-hydrogen) atoms. The van der Waals surface area contributed by atoms with E-state index in [-0.39, 0.29) is 23.8 Å². The minimum atomic E-state index is -0.434. The molecule has 3 heteroatoms. The van der Waals surface area contributed by atoms with Gasteiger partial charge in [-0.25, -0.2) is 0 Å². The van der Waals surface area contributed by atoms with E-state index in [4.69, 9.17) is 0 Å². The average Bonchev–Trinajstić information content (AvgIpc) is 3.30. The average molecular weight is 386 g/mol. The second kappa shape index (κ2) is 7.40. The third-order valence-corrected chi connectivity index (χ3v) is 5.74. The van der Waals surface area contributed by atoms with Crippen molar-refractivity contribution in [3.05, 3.63) is 89.2 Å². The maximum atomic E-state index is 13.3. The summed E-state index contributed by atoms with van der Waals surface area (Å²) >= 11 is 0. The molecule has 3 nitrogen and oxygen atoms in total. The molecule has 148 valence electrons. The summed E-state index contributed by atoms with van der Waals surface area (Å²) in [5, 5.41) is 11.4. The molecule has 0 spiro atoms. The van der Waals surface area contributed by atoms with Crippen molar-refractivity contribution in [2.75, 3.05) is 0 Å². The molecule has 2 aromatic carbocycles. The Morgan fingerprint density at radius 3 is 1.83 bits per heavy atom. The van der Waals surface area contributed by atoms with Crippen molar-refractivity contribution < 1.29 is 9.90 Å². The number of aliphatic hydroxyl groups is 1. The highest BCUT2D eigenvalue weighted by Gasteiger charge is 2.34. The van der Waals surface area contributed by atoms with Crippen molar-refractivity contribution in [3.63, 3.8) is 0 Å². The van der Waals surface area contributed by atoms with Crippen LogP contribution in [0.3, 0.4) is 0 Å². The molecule has 0 radical (unpaired) electrons. The van der Waals surface area contributed by atoms with Gasteiger partial charge < -0.3 is 10.0 Å². The molecule has 4 rings (SSSR count). The normalized spacial score (nSPS) is 16.8. The number of aliphatic hydroxyl groups excluding tert-OH is 1. The monoisotopic (exact) mass is 385 g/mol. The fourth-order valence-electron chi connectivity index (χ4n) is 4.58. The first-order valence-electron chi connectivity index (χ1n) is 10.2. The number of benzene rings is 2. The van der Waals surface area contributed by atoms with Gasteiger partial charge in [0.05, 0.1) is 5.92 Å². The molecule has 0 aliphatic heterocycles. The molecule has 1 amide bonds. The lowest BCUT2D eigenvalue weighted by Gasteiger charge is -2.32. The van der Waals surface area contributed by atoms with Gasteiger partial charge >= 0.3 is 0 Å². The topological polar surface area (TPSA) is 40.5 Å². The molecule has 1 atom stereocenters. The first-order valence-corrected chi connectivity index (χ1v) is 10.2. The molecule has 2 aliphatic carbocycles. The van der Waals surface area contributed by atoms with Crippen LogP contribution in [-0.2, 0) is 4.79 Å². The quantitative estimate of drug-likeness (QED) is 0.582. The van der Waals surface area contributed by atoms with Gasteiger partial charge in [-0.1, -0.05) is 66.8 Å². The van der Waals surface area contributed by atoms with Crippen LogP contribution in [-0.4, -0.2) is 28.0 Å². The maximum absolute atomic E-state index is 13.3. The fraction of sp³-hybridized carbons (Fsp3) is 0.269. The maximum Gasteiger partial charge on any atom is 0.251 e. The highest BCUT2D eigenvalue weighted by Crippen LogP contribution is 2.47. The molecule has 0 fully saturated rings. The summed E-state index contributed by atoms with van der Waals surface area (Å²) in [5.74, 6) is -0.211. The Morgan fingerprint density at radius 2 is 1.34 bits per heavy atom. The van der Waals surface area contributed by atoms with Gasteiger partial charge in [0.25, 0.3) is 5.91 Å². The zero-order valence-corrected chi connectivity index (χ0v) is 17.4. The zero-order valence-electron chi connectivity index (χ0n) is 17.4. The van der Waals surface area contributed by atoms with E-state index in [1.807, 2.05) is 87.2 Å². The van der Waals surface area contributed by atoms with Crippen LogP contribution in [0, 0.1) is 5.92 Å². The van der Waals surface area contributed by atoms with Gasteiger partial charge in [0.1, 0.15) is 5.76 Å². The van der Waals surface area contributed by atoms with Gasteiger partial charge in [-0.15, -0.1) is 0 Å². The van der Waals surface area contributed by atoms with Crippen LogP contribution >= 0.6 is 0 Å². The summed E-state index contributed by atoms with van der Waals surface area (Å²) in [6, 6.07) is 16.4. The molecule has 0 saturated heterocycles. The molecular weight excluding hydrogens is 358 g/mol. The van der Waals surface area contributed by atoms with Gasteiger partial charge in [-0.3, -0.25) is 4.79 Å². The van der Waals surface area contributed by atoms with E-state index < -0.39 is 5.92 Å². The smallest absolute Gasteiger partial charge is 0.251 e. The molecule has 2 aliphatic rings. The minimum Gasteiger partial charge on any atom is -0.511 e. The summed E-state index contributed by atoms with van der Waals surface area (Å²) in [6.45, 7) is 8.10. The number of nitrogens with zero attached hydrogens (tertiary/aromatic N) is 1. The number of hydrogen-bond acceptors (Lipinski definition) is 2. The summed E-state index contributed by atoms with van der Waals surface area (Å²) < 4.78 is 0. The predicted molar refractivity (Wildman–Crippen MR) is 118 cm³/mol. The fourth-order valence-corrected chi connectivity index (χ4v) is 4.58. The number of carbonyl (C=O) groups excluding carboxylic acids is 1. The van der Waals surface area contributed by atoms with Crippen LogP contribution in [0.15, 0.2) is 78.1 Å². The molecule has 0 aromatic heterocycles. The Labute approximate surface area is 172 Å². The molecule has 1 N–H and O–H groups in total. The Morgan fingerprint density at radius 1 is 0.862 bits per heavy atom. The SMILES string of the molecule is CC(C)N(C(=O)C1=CC=CC1C(O)=C1c2ccccc2-c2ccccc21)C(C)C. The van der Waals surface area contributed by atoms with Gasteiger partial charge in [-0.05, 0) is 49.9 Å². The van der Waals surface area contributed by atoms with E-state index in [1.54, 1.807) is 0 Å². The van der Waals surface area contributed by atoms with E-state index in [0.717, 1.165) is 27.8 Å². The van der Waals surface area contributed by atoms with Gasteiger partial charge in [0.15, 0.2) is 0 Å². The van der Waals surface area contributed by atoms with Crippen molar-refractivity contribution in [2.45, 2.75) is 39.8 Å². The molecule has 0 bridgehead atoms. The number of carbonyl (C=O) groups is 1. The van der Waals surface area contributed by atoms with Crippen molar-refractivity contribution in [1.82, 2.24) is 4.90 Å². The number of allylic oxidation sites excluding steroid dienone is 3.